The number of nitrogens with one attached hydrogen (secondary N) is 1. The Morgan fingerprint density at radius 3 is 2.32 bits per heavy atom. The van der Waals surface area contributed by atoms with Crippen molar-refractivity contribution in [3.63, 3.8) is 0 Å². The molecule has 3 heteroatoms. The van der Waals surface area contributed by atoms with Gasteiger partial charge in [0.2, 0.25) is 0 Å². The summed E-state index contributed by atoms with van der Waals surface area (Å²) in [5.74, 6) is 1.66. The molecular formula is C19H25NO2. The Morgan fingerprint density at radius 1 is 0.818 bits per heavy atom. The first-order chi connectivity index (χ1) is 10.8. The summed E-state index contributed by atoms with van der Waals surface area (Å²) in [6.45, 7) is 7.11. The van der Waals surface area contributed by atoms with Crippen molar-refractivity contribution in [3.05, 3.63) is 59.7 Å². The van der Waals surface area contributed by atoms with Crippen LogP contribution in [0.25, 0.3) is 0 Å². The summed E-state index contributed by atoms with van der Waals surface area (Å²) >= 11 is 0. The van der Waals surface area contributed by atoms with Gasteiger partial charge in [-0.3, -0.25) is 0 Å². The van der Waals surface area contributed by atoms with Crippen molar-refractivity contribution in [1.29, 1.82) is 0 Å². The molecule has 2 rings (SSSR count). The van der Waals surface area contributed by atoms with Gasteiger partial charge in [0.05, 0.1) is 13.2 Å². The lowest BCUT2D eigenvalue weighted by molar-refractivity contribution is 0.276. The molecule has 2 aromatic rings. The third-order valence-corrected chi connectivity index (χ3v) is 3.27. The fourth-order valence-electron chi connectivity index (χ4n) is 2.21. The lowest BCUT2D eigenvalue weighted by Gasteiger charge is -2.13. The summed E-state index contributed by atoms with van der Waals surface area (Å²) < 4.78 is 11.4. The fourth-order valence-corrected chi connectivity index (χ4v) is 2.21. The van der Waals surface area contributed by atoms with Gasteiger partial charge in [-0.1, -0.05) is 43.3 Å². The molecule has 0 bridgehead atoms. The van der Waals surface area contributed by atoms with Gasteiger partial charge in [0, 0.05) is 13.1 Å². The Hall–Kier alpha value is -2.00. The number of benzene rings is 2. The summed E-state index contributed by atoms with van der Waals surface area (Å²) in [5.41, 5.74) is 2.48. The molecule has 0 aliphatic rings. The molecule has 0 aliphatic carbocycles. The van der Waals surface area contributed by atoms with Crippen molar-refractivity contribution in [2.75, 3.05) is 13.2 Å². The monoisotopic (exact) mass is 299 g/mol. The molecule has 0 amide bonds. The average molecular weight is 299 g/mol. The van der Waals surface area contributed by atoms with Crippen molar-refractivity contribution in [2.45, 2.75) is 33.4 Å². The van der Waals surface area contributed by atoms with E-state index < -0.39 is 0 Å². The summed E-state index contributed by atoms with van der Waals surface area (Å²) in [7, 11) is 0. The summed E-state index contributed by atoms with van der Waals surface area (Å²) in [4.78, 5) is 0. The number of rotatable bonds is 9. The molecule has 0 spiro atoms. The van der Waals surface area contributed by atoms with E-state index in [1.165, 1.54) is 11.1 Å². The summed E-state index contributed by atoms with van der Waals surface area (Å²) in [6, 6.07) is 16.6. The van der Waals surface area contributed by atoms with Crippen LogP contribution in [0.2, 0.25) is 0 Å². The lowest BCUT2D eigenvalue weighted by atomic mass is 10.2. The largest absolute Gasteiger partial charge is 0.490 e. The van der Waals surface area contributed by atoms with Crippen LogP contribution in [0.5, 0.6) is 11.5 Å². The van der Waals surface area contributed by atoms with Gasteiger partial charge in [0.25, 0.3) is 0 Å². The van der Waals surface area contributed by atoms with Gasteiger partial charge >= 0.3 is 0 Å². The molecule has 0 fully saturated rings. The van der Waals surface area contributed by atoms with Crippen molar-refractivity contribution in [3.8, 4) is 11.5 Å². The predicted molar refractivity (Wildman–Crippen MR) is 90.4 cm³/mol. The third-order valence-electron chi connectivity index (χ3n) is 3.27. The van der Waals surface area contributed by atoms with Crippen LogP contribution in [0, 0.1) is 0 Å². The molecule has 2 aromatic carbocycles. The molecular weight excluding hydrogens is 274 g/mol. The maximum absolute atomic E-state index is 5.72. The molecule has 0 saturated carbocycles. The second-order valence-corrected chi connectivity index (χ2v) is 5.15. The molecule has 3 nitrogen and oxygen atoms in total. The first kappa shape index (κ1) is 16.4. The van der Waals surface area contributed by atoms with Gasteiger partial charge in [-0.25, -0.2) is 0 Å². The van der Waals surface area contributed by atoms with Crippen LogP contribution >= 0.6 is 0 Å². The number of ether oxygens (including phenoxy) is 2. The summed E-state index contributed by atoms with van der Waals surface area (Å²) in [5, 5.41) is 3.45. The van der Waals surface area contributed by atoms with Crippen LogP contribution < -0.4 is 14.8 Å². The third kappa shape index (κ3) is 5.08. The zero-order valence-corrected chi connectivity index (χ0v) is 13.5. The van der Waals surface area contributed by atoms with Gasteiger partial charge in [-0.15, -0.1) is 0 Å². The molecule has 1 N–H and O–H groups in total. The van der Waals surface area contributed by atoms with Crippen molar-refractivity contribution < 1.29 is 9.47 Å². The Kier molecular flexibility index (Phi) is 6.78. The highest BCUT2D eigenvalue weighted by atomic mass is 16.5. The molecule has 0 unspecified atom stereocenters. The number of hydrogen-bond acceptors (Lipinski definition) is 3. The van der Waals surface area contributed by atoms with Crippen LogP contribution in [0.1, 0.15) is 31.4 Å². The minimum Gasteiger partial charge on any atom is -0.490 e. The fraction of sp³-hybridized carbons (Fsp3) is 0.368. The molecule has 118 valence electrons. The highest BCUT2D eigenvalue weighted by Gasteiger charge is 2.06. The van der Waals surface area contributed by atoms with Gasteiger partial charge < -0.3 is 14.8 Å². The van der Waals surface area contributed by atoms with E-state index in [9.17, 15) is 0 Å². The zero-order chi connectivity index (χ0) is 15.6. The van der Waals surface area contributed by atoms with Crippen molar-refractivity contribution >= 4 is 0 Å². The van der Waals surface area contributed by atoms with Gasteiger partial charge in [0.15, 0.2) is 11.5 Å². The van der Waals surface area contributed by atoms with E-state index in [-0.39, 0.29) is 0 Å². The summed E-state index contributed by atoms with van der Waals surface area (Å²) in [6.07, 6.45) is 0.992. The standard InChI is InChI=1S/C19H25NO2/c1-3-12-22-18-11-10-17(13-19(18)21-4-2)15-20-14-16-8-6-5-7-9-16/h5-11,13,20H,3-4,12,14-15H2,1-2H3. The van der Waals surface area contributed by atoms with Crippen molar-refractivity contribution in [1.82, 2.24) is 5.32 Å². The zero-order valence-electron chi connectivity index (χ0n) is 13.5. The smallest absolute Gasteiger partial charge is 0.161 e. The van der Waals surface area contributed by atoms with Gasteiger partial charge in [-0.2, -0.15) is 0 Å². The van der Waals surface area contributed by atoms with E-state index in [0.29, 0.717) is 13.2 Å². The van der Waals surface area contributed by atoms with E-state index in [0.717, 1.165) is 31.0 Å². The van der Waals surface area contributed by atoms with Crippen LogP contribution in [0.15, 0.2) is 48.5 Å². The topological polar surface area (TPSA) is 30.5 Å². The van der Waals surface area contributed by atoms with Gasteiger partial charge in [0.1, 0.15) is 0 Å². The molecule has 0 heterocycles. The Bertz CT molecular complexity index is 555. The first-order valence-electron chi connectivity index (χ1n) is 7.96. The van der Waals surface area contributed by atoms with E-state index in [1.807, 2.05) is 19.1 Å². The Labute approximate surface area is 133 Å². The molecule has 0 aromatic heterocycles. The van der Waals surface area contributed by atoms with E-state index >= 15 is 0 Å². The van der Waals surface area contributed by atoms with E-state index in [2.05, 4.69) is 48.6 Å². The normalized spacial score (nSPS) is 10.5. The highest BCUT2D eigenvalue weighted by molar-refractivity contribution is 5.43. The van der Waals surface area contributed by atoms with E-state index in [1.54, 1.807) is 0 Å². The molecule has 0 saturated heterocycles. The van der Waals surface area contributed by atoms with Crippen LogP contribution in [-0.2, 0) is 13.1 Å². The Morgan fingerprint density at radius 2 is 1.59 bits per heavy atom. The quantitative estimate of drug-likeness (QED) is 0.754. The molecule has 22 heavy (non-hydrogen) atoms. The highest BCUT2D eigenvalue weighted by Crippen LogP contribution is 2.28. The van der Waals surface area contributed by atoms with Gasteiger partial charge in [-0.05, 0) is 36.6 Å². The van der Waals surface area contributed by atoms with Crippen LogP contribution in [-0.4, -0.2) is 13.2 Å². The van der Waals surface area contributed by atoms with E-state index in [4.69, 9.17) is 9.47 Å². The predicted octanol–water partition coefficient (Wildman–Crippen LogP) is 4.16. The average Bonchev–Trinajstić information content (AvgIpc) is 2.55. The van der Waals surface area contributed by atoms with Crippen molar-refractivity contribution in [2.24, 2.45) is 0 Å². The first-order valence-corrected chi connectivity index (χ1v) is 7.96. The Balaban J connectivity index is 1.94. The molecule has 0 atom stereocenters. The maximum Gasteiger partial charge on any atom is 0.161 e. The number of hydrogen-bond donors (Lipinski definition) is 1. The van der Waals surface area contributed by atoms with Crippen LogP contribution in [0.3, 0.4) is 0 Å². The SMILES string of the molecule is CCCOc1ccc(CNCc2ccccc2)cc1OCC. The second-order valence-electron chi connectivity index (χ2n) is 5.15. The minimum atomic E-state index is 0.642. The minimum absolute atomic E-state index is 0.642. The van der Waals surface area contributed by atoms with Crippen LogP contribution in [0.4, 0.5) is 0 Å². The molecule has 0 radical (unpaired) electrons. The second kappa shape index (κ2) is 9.11. The maximum atomic E-state index is 5.72. The lowest BCUT2D eigenvalue weighted by Crippen LogP contribution is -2.12. The molecule has 0 aliphatic heterocycles.